The van der Waals surface area contributed by atoms with E-state index in [0.29, 0.717) is 11.3 Å². The van der Waals surface area contributed by atoms with E-state index >= 15 is 0 Å². The van der Waals surface area contributed by atoms with E-state index in [1.807, 2.05) is 52.0 Å². The Hall–Kier alpha value is -1.13. The van der Waals surface area contributed by atoms with Crippen LogP contribution in [0.4, 0.5) is 0 Å². The molecule has 4 heteroatoms. The third kappa shape index (κ3) is 5.10. The average molecular weight is 295 g/mol. The Kier molecular flexibility index (Phi) is 5.54. The molecule has 1 rings (SSSR count). The van der Waals surface area contributed by atoms with E-state index in [2.05, 4.69) is 4.72 Å². The standard InChI is InChI=1S/C16H25NO2S/c1-6-15(20(18,19)17-16(3,4)5)12-11-14-10-8-7-9-13(14)2/h6-10,17H,11-12H2,1-5H3. The van der Waals surface area contributed by atoms with Gasteiger partial charge in [0.1, 0.15) is 0 Å². The van der Waals surface area contributed by atoms with Gasteiger partial charge in [-0.2, -0.15) is 0 Å². The fraction of sp³-hybridized carbons (Fsp3) is 0.500. The molecule has 0 heterocycles. The number of rotatable bonds is 5. The highest BCUT2D eigenvalue weighted by Gasteiger charge is 2.23. The largest absolute Gasteiger partial charge is 0.236 e. The van der Waals surface area contributed by atoms with Gasteiger partial charge in [-0.3, -0.25) is 0 Å². The van der Waals surface area contributed by atoms with E-state index < -0.39 is 15.6 Å². The van der Waals surface area contributed by atoms with Crippen molar-refractivity contribution in [3.05, 3.63) is 46.4 Å². The van der Waals surface area contributed by atoms with E-state index in [4.69, 9.17) is 0 Å². The summed E-state index contributed by atoms with van der Waals surface area (Å²) in [6, 6.07) is 8.08. The highest BCUT2D eigenvalue weighted by Crippen LogP contribution is 2.18. The van der Waals surface area contributed by atoms with Crippen LogP contribution in [0.1, 0.15) is 45.2 Å². The molecule has 0 fully saturated rings. The van der Waals surface area contributed by atoms with Crippen LogP contribution < -0.4 is 4.72 Å². The zero-order chi connectivity index (χ0) is 15.4. The second-order valence-corrected chi connectivity index (χ2v) is 7.77. The third-order valence-electron chi connectivity index (χ3n) is 3.01. The van der Waals surface area contributed by atoms with Gasteiger partial charge in [0.25, 0.3) is 0 Å². The fourth-order valence-electron chi connectivity index (χ4n) is 2.05. The third-order valence-corrected chi connectivity index (χ3v) is 5.02. The average Bonchev–Trinajstić information content (AvgIpc) is 2.28. The van der Waals surface area contributed by atoms with E-state index in [9.17, 15) is 8.42 Å². The Balaban J connectivity index is 2.82. The molecule has 0 bridgehead atoms. The molecule has 0 aliphatic carbocycles. The maximum Gasteiger partial charge on any atom is 0.236 e. The summed E-state index contributed by atoms with van der Waals surface area (Å²) in [5, 5.41) is 0. The number of hydrogen-bond acceptors (Lipinski definition) is 2. The van der Waals surface area contributed by atoms with Crippen molar-refractivity contribution in [3.8, 4) is 0 Å². The van der Waals surface area contributed by atoms with Gasteiger partial charge in [-0.05, 0) is 58.6 Å². The van der Waals surface area contributed by atoms with Gasteiger partial charge in [0.05, 0.1) is 4.91 Å². The Morgan fingerprint density at radius 3 is 2.35 bits per heavy atom. The molecule has 0 amide bonds. The molecule has 1 N–H and O–H groups in total. The monoisotopic (exact) mass is 295 g/mol. The summed E-state index contributed by atoms with van der Waals surface area (Å²) >= 11 is 0. The van der Waals surface area contributed by atoms with Crippen molar-refractivity contribution < 1.29 is 8.42 Å². The minimum atomic E-state index is -3.40. The number of hydrogen-bond donors (Lipinski definition) is 1. The molecule has 0 aliphatic rings. The molecule has 0 saturated carbocycles. The van der Waals surface area contributed by atoms with Crippen molar-refractivity contribution in [2.24, 2.45) is 0 Å². The number of sulfonamides is 1. The molecular weight excluding hydrogens is 270 g/mol. The number of allylic oxidation sites excluding steroid dienone is 2. The molecule has 0 aliphatic heterocycles. The first kappa shape index (κ1) is 16.9. The molecule has 0 spiro atoms. The summed E-state index contributed by atoms with van der Waals surface area (Å²) < 4.78 is 27.3. The quantitative estimate of drug-likeness (QED) is 0.903. The highest BCUT2D eigenvalue weighted by atomic mass is 32.2. The topological polar surface area (TPSA) is 46.2 Å². The second-order valence-electron chi connectivity index (χ2n) is 6.04. The lowest BCUT2D eigenvalue weighted by Crippen LogP contribution is -2.41. The zero-order valence-electron chi connectivity index (χ0n) is 13.0. The summed E-state index contributed by atoms with van der Waals surface area (Å²) in [4.78, 5) is 0.454. The molecule has 0 saturated heterocycles. The molecule has 0 atom stereocenters. The zero-order valence-corrected chi connectivity index (χ0v) is 13.8. The van der Waals surface area contributed by atoms with Crippen LogP contribution in [0.2, 0.25) is 0 Å². The van der Waals surface area contributed by atoms with Crippen molar-refractivity contribution in [2.75, 3.05) is 0 Å². The van der Waals surface area contributed by atoms with Crippen LogP contribution in [-0.2, 0) is 16.4 Å². The Labute approximate surface area is 123 Å². The predicted octanol–water partition coefficient (Wildman–Crippen LogP) is 3.55. The van der Waals surface area contributed by atoms with Gasteiger partial charge >= 0.3 is 0 Å². The summed E-state index contributed by atoms with van der Waals surface area (Å²) in [6.45, 7) is 9.36. The van der Waals surface area contributed by atoms with Crippen molar-refractivity contribution >= 4 is 10.0 Å². The molecule has 0 radical (unpaired) electrons. The van der Waals surface area contributed by atoms with E-state index in [0.717, 1.165) is 6.42 Å². The Bertz CT molecular complexity index is 581. The summed E-state index contributed by atoms with van der Waals surface area (Å²) in [5.41, 5.74) is 1.93. The lowest BCUT2D eigenvalue weighted by Gasteiger charge is -2.21. The maximum atomic E-state index is 12.3. The Morgan fingerprint density at radius 2 is 1.85 bits per heavy atom. The number of nitrogens with one attached hydrogen (secondary N) is 1. The molecule has 0 unspecified atom stereocenters. The lowest BCUT2D eigenvalue weighted by molar-refractivity contribution is 0.494. The normalized spacial score (nSPS) is 13.6. The van der Waals surface area contributed by atoms with Crippen LogP contribution >= 0.6 is 0 Å². The fourth-order valence-corrected chi connectivity index (χ4v) is 3.67. The van der Waals surface area contributed by atoms with Gasteiger partial charge in [0.15, 0.2) is 0 Å². The van der Waals surface area contributed by atoms with Gasteiger partial charge < -0.3 is 0 Å². The minimum Gasteiger partial charge on any atom is -0.207 e. The van der Waals surface area contributed by atoms with Crippen LogP contribution in [0, 0.1) is 6.92 Å². The summed E-state index contributed by atoms with van der Waals surface area (Å²) in [6.07, 6.45) is 2.94. The van der Waals surface area contributed by atoms with Crippen molar-refractivity contribution in [3.63, 3.8) is 0 Å². The smallest absolute Gasteiger partial charge is 0.207 e. The molecule has 20 heavy (non-hydrogen) atoms. The van der Waals surface area contributed by atoms with Gasteiger partial charge in [-0.15, -0.1) is 0 Å². The van der Waals surface area contributed by atoms with Crippen LogP contribution in [0.15, 0.2) is 35.2 Å². The lowest BCUT2D eigenvalue weighted by atomic mass is 10.0. The molecule has 1 aromatic rings. The van der Waals surface area contributed by atoms with Crippen molar-refractivity contribution in [2.45, 2.75) is 53.0 Å². The molecular formula is C16H25NO2S. The van der Waals surface area contributed by atoms with Gasteiger partial charge in [-0.25, -0.2) is 13.1 Å². The van der Waals surface area contributed by atoms with Crippen LogP contribution in [0.5, 0.6) is 0 Å². The van der Waals surface area contributed by atoms with Crippen LogP contribution in [0.25, 0.3) is 0 Å². The minimum absolute atomic E-state index is 0.454. The first-order chi connectivity index (χ1) is 9.15. The predicted molar refractivity (Wildman–Crippen MR) is 85.1 cm³/mol. The van der Waals surface area contributed by atoms with Crippen LogP contribution in [0.3, 0.4) is 0 Å². The van der Waals surface area contributed by atoms with Crippen molar-refractivity contribution in [1.29, 1.82) is 0 Å². The summed E-state index contributed by atoms with van der Waals surface area (Å²) in [5.74, 6) is 0. The van der Waals surface area contributed by atoms with Gasteiger partial charge in [0.2, 0.25) is 10.0 Å². The van der Waals surface area contributed by atoms with E-state index in [1.165, 1.54) is 11.1 Å². The first-order valence-corrected chi connectivity index (χ1v) is 8.38. The summed E-state index contributed by atoms with van der Waals surface area (Å²) in [7, 11) is -3.40. The maximum absolute atomic E-state index is 12.3. The first-order valence-electron chi connectivity index (χ1n) is 6.89. The van der Waals surface area contributed by atoms with Crippen LogP contribution in [-0.4, -0.2) is 14.0 Å². The molecule has 3 nitrogen and oxygen atoms in total. The van der Waals surface area contributed by atoms with Crippen molar-refractivity contribution in [1.82, 2.24) is 4.72 Å². The molecule has 0 aromatic heterocycles. The molecule has 1 aromatic carbocycles. The van der Waals surface area contributed by atoms with E-state index in [1.54, 1.807) is 13.0 Å². The Morgan fingerprint density at radius 1 is 1.25 bits per heavy atom. The van der Waals surface area contributed by atoms with E-state index in [-0.39, 0.29) is 0 Å². The highest BCUT2D eigenvalue weighted by molar-refractivity contribution is 7.93. The molecule has 112 valence electrons. The number of benzene rings is 1. The van der Waals surface area contributed by atoms with Gasteiger partial charge in [0, 0.05) is 5.54 Å². The SMILES string of the molecule is CC=C(CCc1ccccc1C)S(=O)(=O)NC(C)(C)C. The second kappa shape index (κ2) is 6.55. The van der Waals surface area contributed by atoms with Gasteiger partial charge in [-0.1, -0.05) is 30.3 Å². The number of aryl methyl sites for hydroxylation is 2.